The molecule has 0 saturated carbocycles. The Morgan fingerprint density at radius 3 is 2.22 bits per heavy atom. The monoisotopic (exact) mass is 591 g/mol. The second-order valence-corrected chi connectivity index (χ2v) is 10.2. The summed E-state index contributed by atoms with van der Waals surface area (Å²) in [6, 6.07) is 2.63. The summed E-state index contributed by atoms with van der Waals surface area (Å²) in [4.78, 5) is 29.0. The number of aliphatic hydroxyl groups is 1. The molecule has 3 amide bonds. The number of nitrogens with one attached hydrogen (secondary N) is 1. The zero-order valence-corrected chi connectivity index (χ0v) is 22.7. The molecule has 6 nitrogen and oxygen atoms in total. The average Bonchev–Trinajstić information content (AvgIpc) is 2.90. The molecule has 41 heavy (non-hydrogen) atoms. The average molecular weight is 592 g/mol. The molecule has 226 valence electrons. The second kappa shape index (κ2) is 12.7. The molecule has 3 rings (SSSR count). The molecular weight excluding hydrogens is 559 g/mol. The van der Waals surface area contributed by atoms with Crippen molar-refractivity contribution in [1.82, 2.24) is 15.1 Å². The number of aliphatic hydroxyl groups excluding tert-OH is 1. The first-order valence-electron chi connectivity index (χ1n) is 13.0. The summed E-state index contributed by atoms with van der Waals surface area (Å²) >= 11 is 0. The Labute approximate surface area is 233 Å². The van der Waals surface area contributed by atoms with Crippen molar-refractivity contribution in [2.24, 2.45) is 5.92 Å². The van der Waals surface area contributed by atoms with E-state index in [1.165, 1.54) is 37.1 Å². The van der Waals surface area contributed by atoms with E-state index in [1.54, 1.807) is 6.92 Å². The van der Waals surface area contributed by atoms with Crippen LogP contribution in [-0.4, -0.2) is 53.6 Å². The molecular formula is C28H32F7N3O3. The normalized spacial score (nSPS) is 18.7. The van der Waals surface area contributed by atoms with Gasteiger partial charge in [0.25, 0.3) is 0 Å². The van der Waals surface area contributed by atoms with Gasteiger partial charge in [0, 0.05) is 32.7 Å². The Kier molecular flexibility index (Phi) is 9.94. The van der Waals surface area contributed by atoms with E-state index in [0.29, 0.717) is 29.7 Å². The molecule has 0 bridgehead atoms. The van der Waals surface area contributed by atoms with Crippen molar-refractivity contribution >= 4 is 11.9 Å². The summed E-state index contributed by atoms with van der Waals surface area (Å²) < 4.78 is 94.4. The standard InChI is InChI=1S/C28H32F7N3O3/c1-16-11-22(29)5-6-23(16)24-14-18(25(40)36-8-4-10-39)7-9-38(24)26(41)37(3)17(2)19-12-20(27(30,31)32)15-21(13-19)28(33,34)35/h5-6,11-13,15,17-18,24,39H,4,7-10,14H2,1-3H3,(H,36,40)/t17-,18-,24+/m0/s1. The van der Waals surface area contributed by atoms with Gasteiger partial charge in [0.05, 0.1) is 23.2 Å². The van der Waals surface area contributed by atoms with Crippen LogP contribution in [0.4, 0.5) is 35.5 Å². The van der Waals surface area contributed by atoms with E-state index in [9.17, 15) is 40.3 Å². The number of piperidine rings is 1. The van der Waals surface area contributed by atoms with Gasteiger partial charge >= 0.3 is 18.4 Å². The molecule has 13 heteroatoms. The summed E-state index contributed by atoms with van der Waals surface area (Å²) in [7, 11) is 1.28. The highest BCUT2D eigenvalue weighted by Crippen LogP contribution is 2.40. The summed E-state index contributed by atoms with van der Waals surface area (Å²) in [6.45, 7) is 3.18. The minimum Gasteiger partial charge on any atom is -0.396 e. The van der Waals surface area contributed by atoms with E-state index in [4.69, 9.17) is 5.11 Å². The van der Waals surface area contributed by atoms with Crippen LogP contribution in [0.2, 0.25) is 0 Å². The van der Waals surface area contributed by atoms with Gasteiger partial charge in [-0.3, -0.25) is 4.79 Å². The maximum Gasteiger partial charge on any atom is 0.416 e. The molecule has 2 N–H and O–H groups in total. The number of carbonyl (C=O) groups is 2. The molecule has 0 radical (unpaired) electrons. The molecule has 1 aliphatic rings. The second-order valence-electron chi connectivity index (χ2n) is 10.2. The number of benzene rings is 2. The van der Waals surface area contributed by atoms with Gasteiger partial charge < -0.3 is 20.2 Å². The van der Waals surface area contributed by atoms with Crippen LogP contribution in [0.3, 0.4) is 0 Å². The lowest BCUT2D eigenvalue weighted by atomic mass is 9.85. The topological polar surface area (TPSA) is 72.9 Å². The van der Waals surface area contributed by atoms with Crippen LogP contribution in [-0.2, 0) is 17.1 Å². The van der Waals surface area contributed by atoms with Gasteiger partial charge in [0.2, 0.25) is 5.91 Å². The van der Waals surface area contributed by atoms with Crippen LogP contribution < -0.4 is 5.32 Å². The molecule has 0 unspecified atom stereocenters. The van der Waals surface area contributed by atoms with Crippen molar-refractivity contribution in [3.63, 3.8) is 0 Å². The molecule has 0 spiro atoms. The highest BCUT2D eigenvalue weighted by Gasteiger charge is 2.40. The maximum atomic E-state index is 13.9. The van der Waals surface area contributed by atoms with E-state index in [0.717, 1.165) is 4.90 Å². The number of amides is 3. The Hall–Kier alpha value is -3.35. The Morgan fingerprint density at radius 2 is 1.68 bits per heavy atom. The molecule has 1 fully saturated rings. The lowest BCUT2D eigenvalue weighted by Crippen LogP contribution is -2.49. The van der Waals surface area contributed by atoms with E-state index >= 15 is 0 Å². The molecule has 0 aliphatic carbocycles. The van der Waals surface area contributed by atoms with Crippen LogP contribution in [0.25, 0.3) is 0 Å². The van der Waals surface area contributed by atoms with Gasteiger partial charge in [-0.2, -0.15) is 26.3 Å². The molecule has 2 aromatic rings. The molecule has 1 heterocycles. The molecule has 0 aromatic heterocycles. The van der Waals surface area contributed by atoms with Gasteiger partial charge in [-0.05, 0) is 80.1 Å². The quantitative estimate of drug-likeness (QED) is 0.296. The Balaban J connectivity index is 1.94. The number of carbonyl (C=O) groups excluding carboxylic acids is 2. The number of urea groups is 1. The predicted molar refractivity (Wildman–Crippen MR) is 136 cm³/mol. The van der Waals surface area contributed by atoms with Crippen molar-refractivity contribution in [3.05, 3.63) is 70.0 Å². The van der Waals surface area contributed by atoms with Crippen LogP contribution in [0.1, 0.15) is 66.1 Å². The highest BCUT2D eigenvalue weighted by atomic mass is 19.4. The van der Waals surface area contributed by atoms with E-state index < -0.39 is 53.3 Å². The summed E-state index contributed by atoms with van der Waals surface area (Å²) in [5, 5.41) is 11.7. The van der Waals surface area contributed by atoms with Crippen molar-refractivity contribution in [2.45, 2.75) is 57.5 Å². The third-order valence-corrected chi connectivity index (χ3v) is 7.42. The molecule has 1 saturated heterocycles. The van der Waals surface area contributed by atoms with E-state index in [1.807, 2.05) is 0 Å². The number of nitrogens with zero attached hydrogens (tertiary/aromatic N) is 2. The zero-order chi connectivity index (χ0) is 30.7. The van der Waals surface area contributed by atoms with E-state index in [2.05, 4.69) is 5.32 Å². The lowest BCUT2D eigenvalue weighted by molar-refractivity contribution is -0.143. The van der Waals surface area contributed by atoms with Crippen molar-refractivity contribution in [1.29, 1.82) is 0 Å². The third-order valence-electron chi connectivity index (χ3n) is 7.42. The summed E-state index contributed by atoms with van der Waals surface area (Å²) in [6.07, 6.45) is -9.31. The smallest absolute Gasteiger partial charge is 0.396 e. The summed E-state index contributed by atoms with van der Waals surface area (Å²) in [5.41, 5.74) is -2.24. The third kappa shape index (κ3) is 7.69. The zero-order valence-electron chi connectivity index (χ0n) is 22.7. The number of rotatable bonds is 7. The first-order valence-corrected chi connectivity index (χ1v) is 13.0. The number of likely N-dealkylation sites (tertiary alicyclic amines) is 1. The Morgan fingerprint density at radius 1 is 1.07 bits per heavy atom. The van der Waals surface area contributed by atoms with Crippen molar-refractivity contribution in [2.75, 3.05) is 26.7 Å². The summed E-state index contributed by atoms with van der Waals surface area (Å²) in [5.74, 6) is -1.30. The molecule has 2 aromatic carbocycles. The lowest BCUT2D eigenvalue weighted by Gasteiger charge is -2.42. The van der Waals surface area contributed by atoms with Gasteiger partial charge in [0.15, 0.2) is 0 Å². The highest BCUT2D eigenvalue weighted by molar-refractivity contribution is 5.80. The fourth-order valence-corrected chi connectivity index (χ4v) is 4.99. The predicted octanol–water partition coefficient (Wildman–Crippen LogP) is 6.24. The minimum atomic E-state index is -5.04. The van der Waals surface area contributed by atoms with Crippen LogP contribution in [0.5, 0.6) is 0 Å². The van der Waals surface area contributed by atoms with Gasteiger partial charge in [-0.1, -0.05) is 6.07 Å². The van der Waals surface area contributed by atoms with E-state index in [-0.39, 0.29) is 50.1 Å². The SMILES string of the molecule is Cc1cc(F)ccc1[C@H]1C[C@@H](C(=O)NCCCO)CCN1C(=O)N(C)[C@@H](C)c1cc(C(F)(F)F)cc(C(F)(F)F)c1. The van der Waals surface area contributed by atoms with Gasteiger partial charge in [-0.15, -0.1) is 0 Å². The number of halogens is 7. The van der Waals surface area contributed by atoms with Crippen LogP contribution in [0, 0.1) is 18.7 Å². The first kappa shape index (κ1) is 32.2. The van der Waals surface area contributed by atoms with Crippen molar-refractivity contribution < 1.29 is 45.4 Å². The van der Waals surface area contributed by atoms with Crippen LogP contribution in [0.15, 0.2) is 36.4 Å². The van der Waals surface area contributed by atoms with Gasteiger partial charge in [0.1, 0.15) is 5.82 Å². The number of hydrogen-bond donors (Lipinski definition) is 2. The fourth-order valence-electron chi connectivity index (χ4n) is 4.99. The first-order chi connectivity index (χ1) is 19.0. The van der Waals surface area contributed by atoms with Crippen molar-refractivity contribution in [3.8, 4) is 0 Å². The maximum absolute atomic E-state index is 13.9. The molecule has 1 aliphatic heterocycles. The fraction of sp³-hybridized carbons (Fsp3) is 0.500. The number of hydrogen-bond acceptors (Lipinski definition) is 3. The Bertz CT molecular complexity index is 1220. The largest absolute Gasteiger partial charge is 0.416 e. The number of aryl methyl sites for hydroxylation is 1. The van der Waals surface area contributed by atoms with Crippen LogP contribution >= 0.6 is 0 Å². The van der Waals surface area contributed by atoms with Gasteiger partial charge in [-0.25, -0.2) is 9.18 Å². The minimum absolute atomic E-state index is 0.0295. The molecule has 3 atom stereocenters. The number of alkyl halides is 6.